The second kappa shape index (κ2) is 9.24. The molecule has 0 aliphatic carbocycles. The van der Waals surface area contributed by atoms with Crippen LogP contribution in [0.25, 0.3) is 22.9 Å². The van der Waals surface area contributed by atoms with E-state index in [1.54, 1.807) is 34.9 Å². The zero-order chi connectivity index (χ0) is 25.3. The van der Waals surface area contributed by atoms with Crippen molar-refractivity contribution in [1.82, 2.24) is 23.7 Å². The molecule has 0 atom stereocenters. The van der Waals surface area contributed by atoms with E-state index in [4.69, 9.17) is 13.9 Å². The second-order valence-electron chi connectivity index (χ2n) is 8.98. The fourth-order valence-electron chi connectivity index (χ4n) is 3.87. The summed E-state index contributed by atoms with van der Waals surface area (Å²) in [6.07, 6.45) is 3.28. The van der Waals surface area contributed by atoms with Crippen LogP contribution in [0, 0.1) is 0 Å². The molecule has 4 aromatic rings. The molecule has 0 aliphatic rings. The number of esters is 1. The van der Waals surface area contributed by atoms with Gasteiger partial charge in [0.1, 0.15) is 24.2 Å². The summed E-state index contributed by atoms with van der Waals surface area (Å²) in [4.78, 5) is 48.0. The van der Waals surface area contributed by atoms with Crippen molar-refractivity contribution < 1.29 is 18.7 Å². The van der Waals surface area contributed by atoms with Gasteiger partial charge in [-0.15, -0.1) is 0 Å². The Bertz CT molecular complexity index is 1490. The van der Waals surface area contributed by atoms with Gasteiger partial charge < -0.3 is 18.5 Å². The van der Waals surface area contributed by atoms with Gasteiger partial charge in [0.05, 0.1) is 13.3 Å². The first-order valence-corrected chi connectivity index (χ1v) is 11.0. The van der Waals surface area contributed by atoms with Crippen LogP contribution in [0.2, 0.25) is 0 Å². The van der Waals surface area contributed by atoms with E-state index in [-0.39, 0.29) is 29.4 Å². The highest BCUT2D eigenvalue weighted by Gasteiger charge is 2.25. The van der Waals surface area contributed by atoms with E-state index in [1.165, 1.54) is 21.6 Å². The van der Waals surface area contributed by atoms with Gasteiger partial charge in [-0.1, -0.05) is 18.2 Å². The molecule has 0 saturated carbocycles. The van der Waals surface area contributed by atoms with Gasteiger partial charge in [-0.25, -0.2) is 19.3 Å². The first kappa shape index (κ1) is 24.0. The highest BCUT2D eigenvalue weighted by Crippen LogP contribution is 2.22. The maximum absolute atomic E-state index is 13.5. The van der Waals surface area contributed by atoms with Crippen molar-refractivity contribution in [3.63, 3.8) is 0 Å². The number of imidazole rings is 1. The lowest BCUT2D eigenvalue weighted by Crippen LogP contribution is -2.43. The third-order valence-electron chi connectivity index (χ3n) is 5.37. The molecular weight excluding hydrogens is 454 g/mol. The Balaban J connectivity index is 1.87. The summed E-state index contributed by atoms with van der Waals surface area (Å²) in [5.41, 5.74) is -0.896. The molecule has 3 heterocycles. The summed E-state index contributed by atoms with van der Waals surface area (Å²) in [7, 11) is 3.20. The number of aromatic nitrogens is 5. The fourth-order valence-corrected chi connectivity index (χ4v) is 3.87. The number of methoxy groups -OCH3 is 1. The number of hydrogen-bond acceptors (Lipinski definition) is 8. The van der Waals surface area contributed by atoms with Crippen molar-refractivity contribution in [2.24, 2.45) is 7.05 Å². The molecule has 184 valence electrons. The van der Waals surface area contributed by atoms with Crippen molar-refractivity contribution in [1.29, 1.82) is 0 Å². The molecule has 0 radical (unpaired) electrons. The lowest BCUT2D eigenvalue weighted by Gasteiger charge is -2.20. The van der Waals surface area contributed by atoms with Crippen LogP contribution in [0.4, 0.5) is 0 Å². The van der Waals surface area contributed by atoms with E-state index in [1.807, 2.05) is 24.3 Å². The Kier molecular flexibility index (Phi) is 6.33. The molecule has 1 aromatic carbocycles. The van der Waals surface area contributed by atoms with Crippen LogP contribution in [0.5, 0.6) is 5.75 Å². The number of carbonyl (C=O) groups excluding carboxylic acids is 1. The van der Waals surface area contributed by atoms with Crippen molar-refractivity contribution in [2.45, 2.75) is 45.9 Å². The minimum absolute atomic E-state index is 0.140. The minimum Gasteiger partial charge on any atom is -0.496 e. The second-order valence-corrected chi connectivity index (χ2v) is 8.98. The molecule has 0 fully saturated rings. The molecule has 0 bridgehead atoms. The van der Waals surface area contributed by atoms with Crippen LogP contribution in [0.1, 0.15) is 26.3 Å². The Morgan fingerprint density at radius 2 is 1.89 bits per heavy atom. The van der Waals surface area contributed by atoms with E-state index in [0.29, 0.717) is 12.2 Å². The highest BCUT2D eigenvalue weighted by molar-refractivity contribution is 5.76. The lowest BCUT2D eigenvalue weighted by molar-refractivity contribution is -0.155. The smallest absolute Gasteiger partial charge is 0.333 e. The van der Waals surface area contributed by atoms with Crippen molar-refractivity contribution in [3.8, 4) is 17.5 Å². The number of aryl methyl sites for hydroxylation is 3. The third-order valence-corrected chi connectivity index (χ3v) is 5.37. The van der Waals surface area contributed by atoms with E-state index < -0.39 is 29.4 Å². The third kappa shape index (κ3) is 4.75. The van der Waals surface area contributed by atoms with Crippen LogP contribution in [0.3, 0.4) is 0 Å². The lowest BCUT2D eigenvalue weighted by atomic mass is 10.1. The van der Waals surface area contributed by atoms with E-state index in [0.717, 1.165) is 10.1 Å². The number of benzene rings is 1. The van der Waals surface area contributed by atoms with Crippen LogP contribution in [-0.4, -0.2) is 42.3 Å². The Labute approximate surface area is 200 Å². The maximum Gasteiger partial charge on any atom is 0.333 e. The molecule has 0 amide bonds. The van der Waals surface area contributed by atoms with Crippen LogP contribution in [0.15, 0.2) is 50.7 Å². The number of nitrogens with zero attached hydrogens (tertiary/aromatic N) is 5. The predicted molar refractivity (Wildman–Crippen MR) is 127 cm³/mol. The zero-order valence-corrected chi connectivity index (χ0v) is 20.3. The Hall–Kier alpha value is -4.15. The normalized spacial score (nSPS) is 11.7. The average Bonchev–Trinajstić information content (AvgIpc) is 3.44. The van der Waals surface area contributed by atoms with Gasteiger partial charge in [0.2, 0.25) is 0 Å². The number of fused-ring (bicyclic) bond motifs is 1. The predicted octanol–water partition coefficient (Wildman–Crippen LogP) is 2.14. The molecule has 0 N–H and O–H groups in total. The molecule has 0 aliphatic heterocycles. The number of hydrogen-bond donors (Lipinski definition) is 0. The van der Waals surface area contributed by atoms with Gasteiger partial charge in [-0.05, 0) is 38.8 Å². The first-order chi connectivity index (χ1) is 16.6. The number of rotatable bonds is 7. The van der Waals surface area contributed by atoms with Gasteiger partial charge >= 0.3 is 11.7 Å². The topological polar surface area (TPSA) is 123 Å². The molecule has 0 spiro atoms. The minimum atomic E-state index is -0.766. The number of carbonyl (C=O) groups is 1. The Morgan fingerprint density at radius 3 is 2.54 bits per heavy atom. The van der Waals surface area contributed by atoms with Gasteiger partial charge in [-0.2, -0.15) is 0 Å². The van der Waals surface area contributed by atoms with Crippen molar-refractivity contribution in [2.75, 3.05) is 7.11 Å². The molecule has 11 nitrogen and oxygen atoms in total. The van der Waals surface area contributed by atoms with Crippen LogP contribution < -0.4 is 16.0 Å². The van der Waals surface area contributed by atoms with Crippen LogP contribution in [-0.2, 0) is 36.1 Å². The monoisotopic (exact) mass is 481 g/mol. The summed E-state index contributed by atoms with van der Waals surface area (Å²) in [6.45, 7) is 4.80. The van der Waals surface area contributed by atoms with E-state index >= 15 is 0 Å². The quantitative estimate of drug-likeness (QED) is 0.368. The molecular formula is C24H27N5O6. The largest absolute Gasteiger partial charge is 0.496 e. The van der Waals surface area contributed by atoms with Crippen molar-refractivity contribution >= 4 is 17.1 Å². The number of para-hydroxylation sites is 1. The molecule has 4 rings (SSSR count). The maximum atomic E-state index is 13.5. The van der Waals surface area contributed by atoms with Crippen LogP contribution >= 0.6 is 0 Å². The van der Waals surface area contributed by atoms with Gasteiger partial charge in [0.15, 0.2) is 17.0 Å². The SMILES string of the molecule is COc1ccccc1CCn1c(=O)n(CC(=O)OC(C)(C)C)c(=O)c2c1nc(-c1ncco1)n2C. The molecule has 0 unspecified atom stereocenters. The molecule has 0 saturated heterocycles. The molecule has 3 aromatic heterocycles. The molecule has 11 heteroatoms. The van der Waals surface area contributed by atoms with Gasteiger partial charge in [-0.3, -0.25) is 14.2 Å². The zero-order valence-electron chi connectivity index (χ0n) is 20.3. The number of oxazole rings is 1. The summed E-state index contributed by atoms with van der Waals surface area (Å²) >= 11 is 0. The standard InChI is InChI=1S/C24H27N5O6/c1-24(2,3)35-17(30)14-29-22(31)18-19(26-20(27(18)4)21-25-11-13-34-21)28(23(29)32)12-10-15-8-6-7-9-16(15)33-5/h6-9,11,13H,10,12,14H2,1-5H3. The fraction of sp³-hybridized carbons (Fsp3) is 0.375. The number of ether oxygens (including phenoxy) is 2. The summed E-state index contributed by atoms with van der Waals surface area (Å²) in [5.74, 6) is 0.468. The van der Waals surface area contributed by atoms with Gasteiger partial charge in [0, 0.05) is 13.6 Å². The first-order valence-electron chi connectivity index (χ1n) is 11.0. The molecule has 35 heavy (non-hydrogen) atoms. The van der Waals surface area contributed by atoms with Gasteiger partial charge in [0.25, 0.3) is 11.4 Å². The summed E-state index contributed by atoms with van der Waals surface area (Å²) in [5, 5.41) is 0. The highest BCUT2D eigenvalue weighted by atomic mass is 16.6. The average molecular weight is 482 g/mol. The summed E-state index contributed by atoms with van der Waals surface area (Å²) in [6, 6.07) is 7.46. The Morgan fingerprint density at radius 1 is 1.14 bits per heavy atom. The van der Waals surface area contributed by atoms with E-state index in [9.17, 15) is 14.4 Å². The summed E-state index contributed by atoms with van der Waals surface area (Å²) < 4.78 is 19.9. The van der Waals surface area contributed by atoms with E-state index in [2.05, 4.69) is 9.97 Å². The van der Waals surface area contributed by atoms with Crippen molar-refractivity contribution in [3.05, 3.63) is 63.1 Å².